The van der Waals surface area contributed by atoms with Gasteiger partial charge in [-0.05, 0) is 33.2 Å². The number of carbonyl (C=O) groups is 1. The van der Waals surface area contributed by atoms with Gasteiger partial charge in [0.15, 0.2) is 0 Å². The summed E-state index contributed by atoms with van der Waals surface area (Å²) in [5.74, 6) is 1.95. The summed E-state index contributed by atoms with van der Waals surface area (Å²) in [7, 11) is 0. The summed E-state index contributed by atoms with van der Waals surface area (Å²) in [6.45, 7) is 8.22. The molecule has 116 valence electrons. The molecule has 2 saturated heterocycles. The van der Waals surface area contributed by atoms with E-state index in [-0.39, 0.29) is 11.9 Å². The van der Waals surface area contributed by atoms with Gasteiger partial charge in [-0.25, -0.2) is 0 Å². The molecule has 0 aromatic rings. The Balaban J connectivity index is 1.52. The third-order valence-corrected chi connectivity index (χ3v) is 4.67. The van der Waals surface area contributed by atoms with Crippen molar-refractivity contribution in [2.24, 2.45) is 0 Å². The molecular weight excluding hydrogens is 274 g/mol. The highest BCUT2D eigenvalue weighted by Gasteiger charge is 2.22. The minimum Gasteiger partial charge on any atom is -0.373 e. The molecule has 0 aromatic heterocycles. The monoisotopic (exact) mass is 301 g/mol. The second kappa shape index (κ2) is 8.22. The van der Waals surface area contributed by atoms with Gasteiger partial charge < -0.3 is 10.1 Å². The van der Waals surface area contributed by atoms with Crippen molar-refractivity contribution in [2.45, 2.75) is 44.9 Å². The van der Waals surface area contributed by atoms with Gasteiger partial charge >= 0.3 is 0 Å². The van der Waals surface area contributed by atoms with Gasteiger partial charge in [-0.15, -0.1) is 11.8 Å². The van der Waals surface area contributed by atoms with E-state index in [0.717, 1.165) is 50.7 Å². The Hall–Kier alpha value is -0.300. The molecule has 3 unspecified atom stereocenters. The Bertz CT molecular complexity index is 301. The Labute approximate surface area is 126 Å². The minimum atomic E-state index is 0.0148. The van der Waals surface area contributed by atoms with Crippen molar-refractivity contribution in [3.63, 3.8) is 0 Å². The molecule has 2 rings (SSSR count). The second-order valence-electron chi connectivity index (χ2n) is 5.79. The molecule has 0 aromatic carbocycles. The molecular formula is C14H27N3O2S. The SMILES string of the molecule is CC1CN(CCCCNC(=O)C2CSCN2)CC(C)O1. The number of nitrogens with one attached hydrogen (secondary N) is 2. The number of ether oxygens (including phenoxy) is 1. The molecule has 2 aliphatic heterocycles. The van der Waals surface area contributed by atoms with Crippen LogP contribution in [0.2, 0.25) is 0 Å². The number of morpholine rings is 1. The van der Waals surface area contributed by atoms with Crippen LogP contribution in [0.25, 0.3) is 0 Å². The summed E-state index contributed by atoms with van der Waals surface area (Å²) in [5, 5.41) is 6.21. The number of unbranched alkanes of at least 4 members (excludes halogenated alkanes) is 1. The maximum absolute atomic E-state index is 11.8. The molecule has 0 radical (unpaired) electrons. The second-order valence-corrected chi connectivity index (χ2v) is 6.82. The Kier molecular flexibility index (Phi) is 6.61. The molecule has 2 heterocycles. The smallest absolute Gasteiger partial charge is 0.238 e. The van der Waals surface area contributed by atoms with Crippen molar-refractivity contribution in [1.82, 2.24) is 15.5 Å². The van der Waals surface area contributed by atoms with Crippen LogP contribution in [0.15, 0.2) is 0 Å². The van der Waals surface area contributed by atoms with Gasteiger partial charge in [0.25, 0.3) is 0 Å². The van der Waals surface area contributed by atoms with Crippen LogP contribution in [0.3, 0.4) is 0 Å². The molecule has 2 N–H and O–H groups in total. The predicted molar refractivity (Wildman–Crippen MR) is 82.9 cm³/mol. The lowest BCUT2D eigenvalue weighted by Gasteiger charge is -2.35. The van der Waals surface area contributed by atoms with Crippen LogP contribution in [0.5, 0.6) is 0 Å². The van der Waals surface area contributed by atoms with Crippen molar-refractivity contribution in [1.29, 1.82) is 0 Å². The molecule has 2 fully saturated rings. The first-order valence-electron chi connectivity index (χ1n) is 7.62. The Morgan fingerprint density at radius 1 is 1.35 bits per heavy atom. The van der Waals surface area contributed by atoms with E-state index >= 15 is 0 Å². The van der Waals surface area contributed by atoms with E-state index < -0.39 is 0 Å². The molecule has 1 amide bonds. The summed E-state index contributed by atoms with van der Waals surface area (Å²) in [6, 6.07) is 0.0148. The zero-order chi connectivity index (χ0) is 14.4. The fourth-order valence-electron chi connectivity index (χ4n) is 2.83. The number of nitrogens with zero attached hydrogens (tertiary/aromatic N) is 1. The Morgan fingerprint density at radius 3 is 2.75 bits per heavy atom. The molecule has 0 saturated carbocycles. The van der Waals surface area contributed by atoms with Crippen LogP contribution in [0.4, 0.5) is 0 Å². The summed E-state index contributed by atoms with van der Waals surface area (Å²) >= 11 is 1.78. The lowest BCUT2D eigenvalue weighted by Crippen LogP contribution is -2.45. The van der Waals surface area contributed by atoms with Crippen LogP contribution in [0.1, 0.15) is 26.7 Å². The van der Waals surface area contributed by atoms with E-state index in [9.17, 15) is 4.79 Å². The molecule has 3 atom stereocenters. The number of thioether (sulfide) groups is 1. The summed E-state index contributed by atoms with van der Waals surface area (Å²) in [5.41, 5.74) is 0. The van der Waals surface area contributed by atoms with Crippen molar-refractivity contribution < 1.29 is 9.53 Å². The molecule has 0 bridgehead atoms. The maximum Gasteiger partial charge on any atom is 0.238 e. The predicted octanol–water partition coefficient (Wildman–Crippen LogP) is 0.655. The van der Waals surface area contributed by atoms with Crippen molar-refractivity contribution in [3.8, 4) is 0 Å². The van der Waals surface area contributed by atoms with Gasteiger partial charge in [-0.3, -0.25) is 15.0 Å². The molecule has 0 aliphatic carbocycles. The van der Waals surface area contributed by atoms with E-state index in [1.54, 1.807) is 11.8 Å². The standard InChI is InChI=1S/C14H27N3O2S/c1-11-7-17(8-12(2)19-11)6-4-3-5-15-14(18)13-9-20-10-16-13/h11-13,16H,3-10H2,1-2H3,(H,15,18). The molecule has 20 heavy (non-hydrogen) atoms. The average Bonchev–Trinajstić information content (AvgIpc) is 2.90. The van der Waals surface area contributed by atoms with Gasteiger partial charge in [-0.1, -0.05) is 0 Å². The third-order valence-electron chi connectivity index (χ3n) is 3.73. The number of carbonyl (C=O) groups excluding carboxylic acids is 1. The summed E-state index contributed by atoms with van der Waals surface area (Å²) in [6.07, 6.45) is 2.85. The molecule has 5 nitrogen and oxygen atoms in total. The highest BCUT2D eigenvalue weighted by molar-refractivity contribution is 7.99. The fourth-order valence-corrected chi connectivity index (χ4v) is 3.77. The number of amides is 1. The summed E-state index contributed by atoms with van der Waals surface area (Å²) < 4.78 is 5.72. The van der Waals surface area contributed by atoms with E-state index in [1.165, 1.54) is 0 Å². The fraction of sp³-hybridized carbons (Fsp3) is 0.929. The maximum atomic E-state index is 11.8. The van der Waals surface area contributed by atoms with E-state index in [2.05, 4.69) is 29.4 Å². The minimum absolute atomic E-state index is 0.0148. The summed E-state index contributed by atoms with van der Waals surface area (Å²) in [4.78, 5) is 14.3. The van der Waals surface area contributed by atoms with Gasteiger partial charge in [0.1, 0.15) is 0 Å². The highest BCUT2D eigenvalue weighted by Crippen LogP contribution is 2.11. The molecule has 2 aliphatic rings. The van der Waals surface area contributed by atoms with E-state index in [4.69, 9.17) is 4.74 Å². The number of hydrogen-bond donors (Lipinski definition) is 2. The van der Waals surface area contributed by atoms with E-state index in [0.29, 0.717) is 12.2 Å². The van der Waals surface area contributed by atoms with Gasteiger partial charge in [0, 0.05) is 31.3 Å². The number of hydrogen-bond acceptors (Lipinski definition) is 5. The highest BCUT2D eigenvalue weighted by atomic mass is 32.2. The lowest BCUT2D eigenvalue weighted by molar-refractivity contribution is -0.122. The average molecular weight is 301 g/mol. The first kappa shape index (κ1) is 16.1. The number of rotatable bonds is 6. The largest absolute Gasteiger partial charge is 0.373 e. The van der Waals surface area contributed by atoms with Gasteiger partial charge in [0.2, 0.25) is 5.91 Å². The third kappa shape index (κ3) is 5.24. The van der Waals surface area contributed by atoms with Crippen molar-refractivity contribution in [2.75, 3.05) is 37.8 Å². The van der Waals surface area contributed by atoms with Gasteiger partial charge in [0.05, 0.1) is 18.2 Å². The van der Waals surface area contributed by atoms with Crippen LogP contribution in [0, 0.1) is 0 Å². The van der Waals surface area contributed by atoms with Crippen LogP contribution >= 0.6 is 11.8 Å². The van der Waals surface area contributed by atoms with Crippen LogP contribution in [-0.4, -0.2) is 66.9 Å². The Morgan fingerprint density at radius 2 is 2.10 bits per heavy atom. The van der Waals surface area contributed by atoms with Gasteiger partial charge in [-0.2, -0.15) is 0 Å². The first-order valence-corrected chi connectivity index (χ1v) is 8.77. The normalized spacial score (nSPS) is 31.4. The first-order chi connectivity index (χ1) is 9.65. The topological polar surface area (TPSA) is 53.6 Å². The molecule has 6 heteroatoms. The lowest BCUT2D eigenvalue weighted by atomic mass is 10.2. The van der Waals surface area contributed by atoms with Crippen molar-refractivity contribution in [3.05, 3.63) is 0 Å². The zero-order valence-electron chi connectivity index (χ0n) is 12.6. The quantitative estimate of drug-likeness (QED) is 0.706. The van der Waals surface area contributed by atoms with E-state index in [1.807, 2.05) is 0 Å². The zero-order valence-corrected chi connectivity index (χ0v) is 13.4. The van der Waals surface area contributed by atoms with Crippen molar-refractivity contribution >= 4 is 17.7 Å². The molecule has 0 spiro atoms. The van der Waals surface area contributed by atoms with Crippen LogP contribution in [-0.2, 0) is 9.53 Å². The van der Waals surface area contributed by atoms with Crippen LogP contribution < -0.4 is 10.6 Å².